The lowest BCUT2D eigenvalue weighted by molar-refractivity contribution is 0.193. The Morgan fingerprint density at radius 1 is 1.12 bits per heavy atom. The minimum atomic E-state index is -0.229. The molecule has 2 amide bonds. The quantitative estimate of drug-likeness (QED) is 0.361. The van der Waals surface area contributed by atoms with Crippen molar-refractivity contribution >= 4 is 34.2 Å². The lowest BCUT2D eigenvalue weighted by Crippen LogP contribution is -2.43. The molecule has 0 fully saturated rings. The van der Waals surface area contributed by atoms with Gasteiger partial charge in [0.15, 0.2) is 0 Å². The molecule has 2 N–H and O–H groups in total. The van der Waals surface area contributed by atoms with Crippen molar-refractivity contribution in [2.45, 2.75) is 26.3 Å². The monoisotopic (exact) mass is 459 g/mol. The Balaban J connectivity index is 1.59. The van der Waals surface area contributed by atoms with Crippen LogP contribution in [0.4, 0.5) is 10.5 Å². The molecule has 0 radical (unpaired) electrons. The number of carbonyl (C=O) groups excluding carboxylic acids is 1. The van der Waals surface area contributed by atoms with E-state index in [-0.39, 0.29) is 12.1 Å². The van der Waals surface area contributed by atoms with Crippen LogP contribution in [0.5, 0.6) is 5.75 Å². The van der Waals surface area contributed by atoms with Crippen molar-refractivity contribution in [1.29, 1.82) is 0 Å². The molecule has 2 heterocycles. The zero-order chi connectivity index (χ0) is 23.1. The number of urea groups is 1. The van der Waals surface area contributed by atoms with Gasteiger partial charge in [0, 0.05) is 33.9 Å². The van der Waals surface area contributed by atoms with Gasteiger partial charge in [0.05, 0.1) is 13.2 Å². The van der Waals surface area contributed by atoms with Gasteiger partial charge in [0.2, 0.25) is 0 Å². The minimum Gasteiger partial charge on any atom is -0.497 e. The predicted octanol–water partition coefficient (Wildman–Crippen LogP) is 6.63. The SMILES string of the molecule is COc1ccc2[nH]c3c(c2c1)CCN(C(=O)Nc1cccc(Cl)c1C)C3c1ccc(C)cc1. The zero-order valence-corrected chi connectivity index (χ0v) is 19.7. The summed E-state index contributed by atoms with van der Waals surface area (Å²) in [5.74, 6) is 0.827. The Morgan fingerprint density at radius 3 is 2.67 bits per heavy atom. The van der Waals surface area contributed by atoms with Crippen molar-refractivity contribution in [3.05, 3.63) is 93.6 Å². The van der Waals surface area contributed by atoms with Crippen LogP contribution in [0.3, 0.4) is 0 Å². The number of methoxy groups -OCH3 is 1. The molecule has 0 saturated heterocycles. The minimum absolute atomic E-state index is 0.146. The number of rotatable bonds is 3. The maximum absolute atomic E-state index is 13.5. The third kappa shape index (κ3) is 3.83. The molecule has 168 valence electrons. The summed E-state index contributed by atoms with van der Waals surface area (Å²) in [6, 6.07) is 19.6. The van der Waals surface area contributed by atoms with E-state index in [2.05, 4.69) is 47.6 Å². The van der Waals surface area contributed by atoms with E-state index in [9.17, 15) is 4.79 Å². The highest BCUT2D eigenvalue weighted by molar-refractivity contribution is 6.31. The molecule has 0 spiro atoms. The highest BCUT2D eigenvalue weighted by Crippen LogP contribution is 2.40. The van der Waals surface area contributed by atoms with Crippen molar-refractivity contribution in [1.82, 2.24) is 9.88 Å². The van der Waals surface area contributed by atoms with Crippen LogP contribution in [-0.4, -0.2) is 29.6 Å². The number of ether oxygens (including phenoxy) is 1. The Labute approximate surface area is 198 Å². The van der Waals surface area contributed by atoms with Crippen molar-refractivity contribution in [2.24, 2.45) is 0 Å². The fourth-order valence-corrected chi connectivity index (χ4v) is 4.81. The Bertz CT molecular complexity index is 1340. The first-order chi connectivity index (χ1) is 16.0. The molecule has 1 atom stereocenters. The molecule has 0 saturated carbocycles. The first-order valence-electron chi connectivity index (χ1n) is 11.0. The molecule has 4 aromatic rings. The fourth-order valence-electron chi connectivity index (χ4n) is 4.64. The number of fused-ring (bicyclic) bond motifs is 3. The van der Waals surface area contributed by atoms with Crippen LogP contribution in [0, 0.1) is 13.8 Å². The summed E-state index contributed by atoms with van der Waals surface area (Å²) in [7, 11) is 1.68. The molecule has 1 unspecified atom stereocenters. The van der Waals surface area contributed by atoms with E-state index < -0.39 is 0 Å². The number of amides is 2. The maximum Gasteiger partial charge on any atom is 0.322 e. The number of benzene rings is 3. The topological polar surface area (TPSA) is 57.4 Å². The number of aryl methyl sites for hydroxylation is 1. The Kier molecular flexibility index (Phi) is 5.51. The van der Waals surface area contributed by atoms with Crippen LogP contribution >= 0.6 is 11.6 Å². The van der Waals surface area contributed by atoms with E-state index in [1.807, 2.05) is 42.2 Å². The summed E-state index contributed by atoms with van der Waals surface area (Å²) < 4.78 is 5.45. The van der Waals surface area contributed by atoms with Crippen molar-refractivity contribution in [3.8, 4) is 5.75 Å². The summed E-state index contributed by atoms with van der Waals surface area (Å²) in [5, 5.41) is 4.86. The fraction of sp³-hybridized carbons (Fsp3) is 0.222. The van der Waals surface area contributed by atoms with Gasteiger partial charge in [-0.25, -0.2) is 4.79 Å². The van der Waals surface area contributed by atoms with Crippen molar-refractivity contribution in [2.75, 3.05) is 19.0 Å². The van der Waals surface area contributed by atoms with Crippen LogP contribution < -0.4 is 10.1 Å². The molecular formula is C27H26ClN3O2. The lowest BCUT2D eigenvalue weighted by atomic mass is 9.92. The number of H-pyrrole nitrogens is 1. The Morgan fingerprint density at radius 2 is 1.91 bits per heavy atom. The van der Waals surface area contributed by atoms with E-state index in [1.165, 1.54) is 11.1 Å². The number of aromatic amines is 1. The van der Waals surface area contributed by atoms with Gasteiger partial charge in [-0.05, 0) is 67.3 Å². The molecule has 5 rings (SSSR count). The summed E-state index contributed by atoms with van der Waals surface area (Å²) in [5.41, 5.74) is 7.16. The van der Waals surface area contributed by atoms with Gasteiger partial charge in [-0.3, -0.25) is 0 Å². The predicted molar refractivity (Wildman–Crippen MR) is 133 cm³/mol. The number of anilines is 1. The normalized spacial score (nSPS) is 15.4. The van der Waals surface area contributed by atoms with E-state index in [0.717, 1.165) is 45.6 Å². The zero-order valence-electron chi connectivity index (χ0n) is 18.9. The summed E-state index contributed by atoms with van der Waals surface area (Å²) in [4.78, 5) is 19.0. The molecule has 33 heavy (non-hydrogen) atoms. The highest BCUT2D eigenvalue weighted by atomic mass is 35.5. The Hall–Kier alpha value is -3.44. The van der Waals surface area contributed by atoms with Crippen LogP contribution in [-0.2, 0) is 6.42 Å². The summed E-state index contributed by atoms with van der Waals surface area (Å²) in [6.45, 7) is 4.58. The number of nitrogens with zero attached hydrogens (tertiary/aromatic N) is 1. The molecule has 0 bridgehead atoms. The number of carbonyl (C=O) groups is 1. The van der Waals surface area contributed by atoms with E-state index in [4.69, 9.17) is 16.3 Å². The van der Waals surface area contributed by atoms with Crippen LogP contribution in [0.25, 0.3) is 10.9 Å². The van der Waals surface area contributed by atoms with Crippen molar-refractivity contribution < 1.29 is 9.53 Å². The number of aromatic nitrogens is 1. The first-order valence-corrected chi connectivity index (χ1v) is 11.4. The van der Waals surface area contributed by atoms with Gasteiger partial charge < -0.3 is 19.9 Å². The van der Waals surface area contributed by atoms with Gasteiger partial charge in [0.25, 0.3) is 0 Å². The summed E-state index contributed by atoms with van der Waals surface area (Å²) in [6.07, 6.45) is 0.757. The molecule has 6 heteroatoms. The number of hydrogen-bond acceptors (Lipinski definition) is 2. The third-order valence-electron chi connectivity index (χ3n) is 6.50. The molecular weight excluding hydrogens is 434 g/mol. The standard InChI is InChI=1S/C27H26ClN3O2/c1-16-7-9-18(10-8-16)26-25-20(21-15-19(33-3)11-12-24(21)29-25)13-14-31(26)27(32)30-23-6-4-5-22(28)17(23)2/h4-12,15,26,29H,13-14H2,1-3H3,(H,30,32). The van der Waals surface area contributed by atoms with Gasteiger partial charge >= 0.3 is 6.03 Å². The lowest BCUT2D eigenvalue weighted by Gasteiger charge is -2.36. The number of halogens is 1. The second-order valence-corrected chi connectivity index (χ2v) is 8.94. The molecule has 3 aromatic carbocycles. The number of hydrogen-bond donors (Lipinski definition) is 2. The van der Waals surface area contributed by atoms with Gasteiger partial charge in [-0.2, -0.15) is 0 Å². The third-order valence-corrected chi connectivity index (χ3v) is 6.91. The smallest absolute Gasteiger partial charge is 0.322 e. The van der Waals surface area contributed by atoms with Gasteiger partial charge in [-0.15, -0.1) is 0 Å². The molecule has 1 aliphatic rings. The average Bonchev–Trinajstić information content (AvgIpc) is 3.20. The molecule has 5 nitrogen and oxygen atoms in total. The van der Waals surface area contributed by atoms with E-state index in [0.29, 0.717) is 11.6 Å². The van der Waals surface area contributed by atoms with Crippen LogP contribution in [0.15, 0.2) is 60.7 Å². The van der Waals surface area contributed by atoms with E-state index in [1.54, 1.807) is 7.11 Å². The van der Waals surface area contributed by atoms with Crippen LogP contribution in [0.1, 0.15) is 34.0 Å². The maximum atomic E-state index is 13.5. The van der Waals surface area contributed by atoms with E-state index >= 15 is 0 Å². The molecule has 0 aliphatic carbocycles. The molecule has 1 aromatic heterocycles. The van der Waals surface area contributed by atoms with Gasteiger partial charge in [0.1, 0.15) is 5.75 Å². The first kappa shape index (κ1) is 21.4. The van der Waals surface area contributed by atoms with Crippen LogP contribution in [0.2, 0.25) is 5.02 Å². The van der Waals surface area contributed by atoms with Crippen molar-refractivity contribution in [3.63, 3.8) is 0 Å². The van der Waals surface area contributed by atoms with Gasteiger partial charge in [-0.1, -0.05) is 47.5 Å². The largest absolute Gasteiger partial charge is 0.497 e. The molecule has 1 aliphatic heterocycles. The highest BCUT2D eigenvalue weighted by Gasteiger charge is 2.35. The number of nitrogens with one attached hydrogen (secondary N) is 2. The average molecular weight is 460 g/mol. The second-order valence-electron chi connectivity index (χ2n) is 8.53. The summed E-state index contributed by atoms with van der Waals surface area (Å²) >= 11 is 6.28. The second kappa shape index (κ2) is 8.49.